The molecule has 2 heterocycles. The van der Waals surface area contributed by atoms with Gasteiger partial charge in [0.2, 0.25) is 0 Å². The van der Waals surface area contributed by atoms with Gasteiger partial charge in [-0.2, -0.15) is 5.10 Å². The van der Waals surface area contributed by atoms with Gasteiger partial charge in [-0.25, -0.2) is 13.8 Å². The summed E-state index contributed by atoms with van der Waals surface area (Å²) in [5.74, 6) is -0.558. The van der Waals surface area contributed by atoms with Crippen LogP contribution in [0.4, 0.5) is 8.78 Å². The van der Waals surface area contributed by atoms with Gasteiger partial charge in [-0.15, -0.1) is 0 Å². The number of nitrogens with one attached hydrogen (secondary N) is 2. The van der Waals surface area contributed by atoms with Crippen LogP contribution in [0.1, 0.15) is 34.7 Å². The lowest BCUT2D eigenvalue weighted by atomic mass is 10.1. The molecule has 0 saturated carbocycles. The largest absolute Gasteiger partial charge is 0.342 e. The summed E-state index contributed by atoms with van der Waals surface area (Å²) in [5, 5.41) is 7.39. The number of hydrogen-bond donors (Lipinski definition) is 2. The molecule has 0 unspecified atom stereocenters. The Labute approximate surface area is 171 Å². The van der Waals surface area contributed by atoms with Gasteiger partial charge in [-0.05, 0) is 37.1 Å². The highest BCUT2D eigenvalue weighted by molar-refractivity contribution is 5.97. The van der Waals surface area contributed by atoms with Crippen LogP contribution in [0.25, 0.3) is 22.3 Å². The molecule has 0 aliphatic carbocycles. The Morgan fingerprint density at radius 2 is 1.93 bits per heavy atom. The molecule has 8 heteroatoms. The molecule has 30 heavy (non-hydrogen) atoms. The average Bonchev–Trinajstić information content (AvgIpc) is 3.40. The molecule has 154 valence electrons. The quantitative estimate of drug-likeness (QED) is 0.468. The zero-order chi connectivity index (χ0) is 21.1. The molecular weight excluding hydrogens is 388 g/mol. The van der Waals surface area contributed by atoms with E-state index in [-0.39, 0.29) is 5.91 Å². The number of aryl methyl sites for hydroxylation is 1. The van der Waals surface area contributed by atoms with Crippen molar-refractivity contribution in [1.82, 2.24) is 25.1 Å². The molecule has 0 radical (unpaired) electrons. The molecule has 6 nitrogen and oxygen atoms in total. The second-order valence-electron chi connectivity index (χ2n) is 7.13. The minimum atomic E-state index is -2.68. The lowest BCUT2D eigenvalue weighted by molar-refractivity contribution is 0.0793. The molecule has 2 aromatic heterocycles. The number of carbonyl (C=O) groups is 1. The Morgan fingerprint density at radius 1 is 1.13 bits per heavy atom. The fourth-order valence-corrected chi connectivity index (χ4v) is 3.34. The van der Waals surface area contributed by atoms with Gasteiger partial charge in [0.25, 0.3) is 12.3 Å². The first-order chi connectivity index (χ1) is 14.5. The molecule has 0 aliphatic rings. The van der Waals surface area contributed by atoms with E-state index in [0.29, 0.717) is 23.1 Å². The summed E-state index contributed by atoms with van der Waals surface area (Å²) < 4.78 is 25.6. The summed E-state index contributed by atoms with van der Waals surface area (Å²) in [6.07, 6.45) is -1.15. The van der Waals surface area contributed by atoms with Crippen molar-refractivity contribution in [2.24, 2.45) is 0 Å². The molecule has 4 rings (SSSR count). The predicted molar refractivity (Wildman–Crippen MR) is 110 cm³/mol. The summed E-state index contributed by atoms with van der Waals surface area (Å²) in [5.41, 5.74) is 4.23. The van der Waals surface area contributed by atoms with E-state index in [9.17, 15) is 13.6 Å². The molecule has 0 atom stereocenters. The lowest BCUT2D eigenvalue weighted by Crippen LogP contribution is -2.28. The van der Waals surface area contributed by atoms with Crippen LogP contribution in [-0.2, 0) is 6.42 Å². The number of hydrogen-bond acceptors (Lipinski definition) is 3. The molecule has 0 fully saturated rings. The Bertz CT molecular complexity index is 1150. The number of fused-ring (bicyclic) bond motifs is 1. The number of aromatic nitrogens is 4. The summed E-state index contributed by atoms with van der Waals surface area (Å²) in [6.45, 7) is 0.557. The number of benzene rings is 2. The molecule has 0 spiro atoms. The molecule has 4 aromatic rings. The third-order valence-corrected chi connectivity index (χ3v) is 4.94. The number of rotatable bonds is 7. The van der Waals surface area contributed by atoms with Gasteiger partial charge in [0.05, 0.1) is 16.7 Å². The predicted octanol–water partition coefficient (Wildman–Crippen LogP) is 4.60. The third kappa shape index (κ3) is 4.22. The van der Waals surface area contributed by atoms with Crippen LogP contribution >= 0.6 is 0 Å². The first-order valence-corrected chi connectivity index (χ1v) is 9.64. The number of halogens is 2. The summed E-state index contributed by atoms with van der Waals surface area (Å²) in [6, 6.07) is 16.7. The van der Waals surface area contributed by atoms with Crippen LogP contribution in [0, 0.1) is 0 Å². The summed E-state index contributed by atoms with van der Waals surface area (Å²) in [7, 11) is 1.73. The number of amides is 1. The zero-order valence-electron chi connectivity index (χ0n) is 16.4. The monoisotopic (exact) mass is 409 g/mol. The lowest BCUT2D eigenvalue weighted by Gasteiger charge is -2.17. The third-order valence-electron chi connectivity index (χ3n) is 4.94. The van der Waals surface area contributed by atoms with Crippen molar-refractivity contribution < 1.29 is 13.6 Å². The van der Waals surface area contributed by atoms with Gasteiger partial charge < -0.3 is 9.88 Å². The van der Waals surface area contributed by atoms with Crippen LogP contribution in [0.15, 0.2) is 54.6 Å². The Kier molecular flexibility index (Phi) is 5.56. The standard InChI is InChI=1S/C22H21F2N5O/c1-29(11-5-8-16-13-18(28-27-16)14-6-3-2-4-7-14)22(30)15-9-10-17-19(12-15)26-21(25-17)20(23)24/h2-4,6-7,9-10,12-13,20H,5,8,11H2,1H3,(H,25,26)(H,27,28). The van der Waals surface area contributed by atoms with Gasteiger partial charge >= 0.3 is 0 Å². The van der Waals surface area contributed by atoms with Crippen LogP contribution in [0.2, 0.25) is 0 Å². The highest BCUT2D eigenvalue weighted by Gasteiger charge is 2.16. The van der Waals surface area contributed by atoms with E-state index in [2.05, 4.69) is 20.2 Å². The number of H-pyrrole nitrogens is 2. The van der Waals surface area contributed by atoms with E-state index in [1.54, 1.807) is 30.1 Å². The number of alkyl halides is 2. The van der Waals surface area contributed by atoms with Gasteiger partial charge in [0, 0.05) is 30.4 Å². The van der Waals surface area contributed by atoms with Crippen LogP contribution in [0.3, 0.4) is 0 Å². The van der Waals surface area contributed by atoms with Crippen molar-refractivity contribution >= 4 is 16.9 Å². The Hall–Kier alpha value is -3.55. The van der Waals surface area contributed by atoms with Gasteiger partial charge in [0.15, 0.2) is 5.82 Å². The highest BCUT2D eigenvalue weighted by atomic mass is 19.3. The van der Waals surface area contributed by atoms with Crippen LogP contribution in [-0.4, -0.2) is 44.6 Å². The van der Waals surface area contributed by atoms with Gasteiger partial charge in [-0.1, -0.05) is 30.3 Å². The van der Waals surface area contributed by atoms with Gasteiger partial charge in [0.1, 0.15) is 0 Å². The van der Waals surface area contributed by atoms with Crippen molar-refractivity contribution in [1.29, 1.82) is 0 Å². The van der Waals surface area contributed by atoms with Crippen molar-refractivity contribution in [2.75, 3.05) is 13.6 Å². The molecule has 1 amide bonds. The molecule has 2 aromatic carbocycles. The van der Waals surface area contributed by atoms with Crippen LogP contribution in [0.5, 0.6) is 0 Å². The maximum atomic E-state index is 12.8. The fraction of sp³-hybridized carbons (Fsp3) is 0.227. The van der Waals surface area contributed by atoms with E-state index < -0.39 is 12.2 Å². The topological polar surface area (TPSA) is 77.7 Å². The molecule has 2 N–H and O–H groups in total. The number of carbonyl (C=O) groups excluding carboxylic acids is 1. The minimum absolute atomic E-state index is 0.167. The van der Waals surface area contributed by atoms with Crippen molar-refractivity contribution in [2.45, 2.75) is 19.3 Å². The minimum Gasteiger partial charge on any atom is -0.342 e. The fourth-order valence-electron chi connectivity index (χ4n) is 3.34. The van der Waals surface area contributed by atoms with E-state index in [4.69, 9.17) is 0 Å². The molecular formula is C22H21F2N5O. The van der Waals surface area contributed by atoms with E-state index in [1.807, 2.05) is 36.4 Å². The number of aromatic amines is 2. The zero-order valence-corrected chi connectivity index (χ0v) is 16.4. The first kappa shape index (κ1) is 19.8. The smallest absolute Gasteiger partial charge is 0.295 e. The van der Waals surface area contributed by atoms with Crippen molar-refractivity contribution in [3.8, 4) is 11.3 Å². The normalized spacial score (nSPS) is 11.3. The molecule has 0 saturated heterocycles. The van der Waals surface area contributed by atoms with Gasteiger partial charge in [-0.3, -0.25) is 9.89 Å². The number of nitrogens with zero attached hydrogens (tertiary/aromatic N) is 3. The maximum absolute atomic E-state index is 12.8. The first-order valence-electron chi connectivity index (χ1n) is 9.64. The van der Waals surface area contributed by atoms with E-state index in [1.165, 1.54) is 0 Å². The molecule has 0 aliphatic heterocycles. The Morgan fingerprint density at radius 3 is 2.70 bits per heavy atom. The highest BCUT2D eigenvalue weighted by Crippen LogP contribution is 2.21. The summed E-state index contributed by atoms with van der Waals surface area (Å²) in [4.78, 5) is 20.7. The van der Waals surface area contributed by atoms with Crippen molar-refractivity contribution in [3.63, 3.8) is 0 Å². The SMILES string of the molecule is CN(CCCc1cc(-c2ccccc2)n[nH]1)C(=O)c1ccc2nc(C(F)F)[nH]c2c1. The maximum Gasteiger partial charge on any atom is 0.295 e. The summed E-state index contributed by atoms with van der Waals surface area (Å²) >= 11 is 0. The van der Waals surface area contributed by atoms with E-state index in [0.717, 1.165) is 29.8 Å². The Balaban J connectivity index is 1.35. The van der Waals surface area contributed by atoms with E-state index >= 15 is 0 Å². The second kappa shape index (κ2) is 8.44. The van der Waals surface area contributed by atoms with Crippen molar-refractivity contribution in [3.05, 3.63) is 71.7 Å². The van der Waals surface area contributed by atoms with Crippen LogP contribution < -0.4 is 0 Å². The average molecular weight is 409 g/mol. The second-order valence-corrected chi connectivity index (χ2v) is 7.13. The number of imidazole rings is 1. The molecule has 0 bridgehead atoms.